The van der Waals surface area contributed by atoms with Crippen LogP contribution in [0.2, 0.25) is 57.5 Å². The quantitative estimate of drug-likeness (QED) is 0.0655. The number of benzene rings is 2. The fourth-order valence-corrected chi connectivity index (χ4v) is 12.7. The fourth-order valence-electron chi connectivity index (χ4n) is 9.81. The molecule has 6 unspecified atom stereocenters. The van der Waals surface area contributed by atoms with Crippen molar-refractivity contribution in [2.24, 2.45) is 5.92 Å². The predicted octanol–water partition coefficient (Wildman–Crippen LogP) is 3.69. The zero-order valence-corrected chi connectivity index (χ0v) is 48.0. The number of halogens is 2. The van der Waals surface area contributed by atoms with Crippen LogP contribution < -0.4 is 18.8 Å². The van der Waals surface area contributed by atoms with Gasteiger partial charge in [-0.15, -0.1) is 0 Å². The van der Waals surface area contributed by atoms with Crippen LogP contribution in [0.1, 0.15) is 86.0 Å². The van der Waals surface area contributed by atoms with Crippen LogP contribution in [0.15, 0.2) is 48.5 Å². The summed E-state index contributed by atoms with van der Waals surface area (Å²) in [6, 6.07) is 14.0. The zero-order chi connectivity index (χ0) is 53.8. The van der Waals surface area contributed by atoms with Crippen LogP contribution in [-0.4, -0.2) is 182 Å². The van der Waals surface area contributed by atoms with Crippen molar-refractivity contribution in [2.45, 2.75) is 133 Å². The van der Waals surface area contributed by atoms with Gasteiger partial charge in [-0.25, -0.2) is 0 Å². The van der Waals surface area contributed by atoms with E-state index in [2.05, 4.69) is 56.8 Å². The van der Waals surface area contributed by atoms with Gasteiger partial charge in [0.25, 0.3) is 0 Å². The average Bonchev–Trinajstić information content (AvgIpc) is 4.14. The van der Waals surface area contributed by atoms with Crippen molar-refractivity contribution >= 4 is 189 Å². The topological polar surface area (TPSA) is 149 Å². The first-order valence-corrected chi connectivity index (χ1v) is 31.1. The highest BCUT2D eigenvalue weighted by atomic mass is 35.5. The first-order chi connectivity index (χ1) is 33.1. The number of para-hydroxylation sites is 2. The van der Waals surface area contributed by atoms with Crippen LogP contribution in [0.25, 0.3) is 0 Å². The summed E-state index contributed by atoms with van der Waals surface area (Å²) in [6.45, 7) is 20.2. The van der Waals surface area contributed by atoms with E-state index >= 15 is 0 Å². The molecular formula is C38H62B20Cl2O9P2Si. The van der Waals surface area contributed by atoms with Crippen LogP contribution in [0.5, 0.6) is 11.5 Å². The Kier molecular flexibility index (Phi) is 34.0. The smallest absolute Gasteiger partial charge is 0.539 e. The molecule has 356 valence electrons. The molecule has 0 amide bonds. The fraction of sp³-hybridized carbons (Fsp3) is 0.684. The summed E-state index contributed by atoms with van der Waals surface area (Å²) in [5.41, 5.74) is 0. The minimum absolute atomic E-state index is 0. The van der Waals surface area contributed by atoms with Gasteiger partial charge in [0, 0.05) is 155 Å². The molecule has 2 N–H and O–H groups in total. The summed E-state index contributed by atoms with van der Waals surface area (Å²) in [7, 11) is 55.0. The molecule has 2 aromatic rings. The van der Waals surface area contributed by atoms with E-state index in [1.807, 2.05) is 0 Å². The summed E-state index contributed by atoms with van der Waals surface area (Å²) in [5, 5.41) is 0.954. The third-order valence-corrected chi connectivity index (χ3v) is 21.6. The summed E-state index contributed by atoms with van der Waals surface area (Å²) < 4.78 is 40.9. The molecule has 4 rings (SSSR count). The van der Waals surface area contributed by atoms with Gasteiger partial charge in [0.2, 0.25) is 11.5 Å². The zero-order valence-electron chi connectivity index (χ0n) is 43.7. The van der Waals surface area contributed by atoms with Gasteiger partial charge in [-0.3, -0.25) is 9.05 Å². The van der Waals surface area contributed by atoms with Crippen molar-refractivity contribution in [3.63, 3.8) is 0 Å². The maximum absolute atomic E-state index is 10.1. The summed E-state index contributed by atoms with van der Waals surface area (Å²) in [4.78, 5) is 20.2. The van der Waals surface area contributed by atoms with Gasteiger partial charge < -0.3 is 24.7 Å². The Bertz CT molecular complexity index is 1820. The second-order valence-corrected chi connectivity index (χ2v) is 29.3. The van der Waals surface area contributed by atoms with E-state index < -0.39 is 62.9 Å². The molecule has 2 saturated heterocycles. The van der Waals surface area contributed by atoms with Crippen LogP contribution in [0.4, 0.5) is 0 Å². The lowest BCUT2D eigenvalue weighted by Crippen LogP contribution is -2.63. The maximum Gasteiger partial charge on any atom is 0.539 e. The van der Waals surface area contributed by atoms with E-state index in [-0.39, 0.29) is 39.8 Å². The summed E-state index contributed by atoms with van der Waals surface area (Å²) in [6.07, 6.45) is 5.15. The first-order valence-electron chi connectivity index (χ1n) is 25.0. The normalized spacial score (nSPS) is 17.1. The van der Waals surface area contributed by atoms with E-state index in [9.17, 15) is 18.9 Å². The number of hydrogen-bond donors (Lipinski definition) is 0. The molecule has 2 aliphatic rings. The van der Waals surface area contributed by atoms with Crippen molar-refractivity contribution in [1.29, 1.82) is 0 Å². The Morgan fingerprint density at radius 3 is 1.24 bits per heavy atom. The minimum atomic E-state index is -2.88. The molecule has 0 bridgehead atoms. The molecule has 72 heavy (non-hydrogen) atoms. The van der Waals surface area contributed by atoms with Gasteiger partial charge in [0.15, 0.2) is 0 Å². The Hall–Kier alpha value is 0.136. The second-order valence-electron chi connectivity index (χ2n) is 21.5. The molecule has 2 aromatic carbocycles. The van der Waals surface area contributed by atoms with Gasteiger partial charge in [0.05, 0.1) is 31.3 Å². The highest BCUT2D eigenvalue weighted by Gasteiger charge is 2.58. The first kappa shape index (κ1) is 70.1. The molecule has 0 aromatic heterocycles. The largest absolute Gasteiger partial charge is 0.558 e. The molecule has 9 nitrogen and oxygen atoms in total. The molecule has 2 heterocycles. The molecule has 2 aliphatic heterocycles. The van der Waals surface area contributed by atoms with E-state index in [0.29, 0.717) is 47.4 Å². The second kappa shape index (κ2) is 34.9. The molecule has 2 fully saturated rings. The number of rotatable bonds is 30. The van der Waals surface area contributed by atoms with Gasteiger partial charge in [-0.2, -0.15) is 0 Å². The van der Waals surface area contributed by atoms with Gasteiger partial charge >= 0.3 is 16.5 Å². The summed E-state index contributed by atoms with van der Waals surface area (Å²) >= 11 is 11.2. The standard InChI is InChI=1S/C26H52B20O2Si.2C6H4ClO3P.H2O/c1-21(2)20-48-18-10-14-23-22(37(23)45(41(31)32)43(35)39(27)28)12-8-16-47-17-9-13-24-25(15-11-19-49(6,7)26(3,4)5)38(24)46(42(33)34)44(36)40(29)30;2*7-5-3-1-2-4-6(5)10-11(8)9;/h21-25H,8-20H2,1-7H3;2*1-4H;1H2. The highest BCUT2D eigenvalue weighted by molar-refractivity contribution is 8.02. The van der Waals surface area contributed by atoms with Crippen LogP contribution in [0, 0.1) is 5.92 Å². The maximum atomic E-state index is 10.1. The SMILES string of the molecule is O.O=[P+]([O-])Oc1ccccc1Cl.O=[P+]([O-])Oc1ccccc1Cl.[B]B([B])B([B])B(B([B])[B])B1C(CCCOCCCC2B(B(B([B])[B])B([B])B([B])[B])C2CCC[Si](C)(C)C(C)(C)C)C1CCCOCC(C)C. The summed E-state index contributed by atoms with van der Waals surface area (Å²) in [5.74, 6) is 2.93. The Morgan fingerprint density at radius 1 is 0.611 bits per heavy atom. The van der Waals surface area contributed by atoms with E-state index in [1.165, 1.54) is 31.0 Å². The molecule has 0 spiro atoms. The Labute approximate surface area is 465 Å². The van der Waals surface area contributed by atoms with Crippen LogP contribution in [-0.2, 0) is 18.6 Å². The Morgan fingerprint density at radius 2 is 0.944 bits per heavy atom. The molecule has 0 aliphatic carbocycles. The van der Waals surface area contributed by atoms with E-state index in [0.717, 1.165) is 65.0 Å². The molecule has 34 heteroatoms. The highest BCUT2D eigenvalue weighted by Crippen LogP contribution is 2.58. The van der Waals surface area contributed by atoms with Crippen LogP contribution in [0.3, 0.4) is 0 Å². The molecular weight excluding hydrogens is 978 g/mol. The van der Waals surface area contributed by atoms with Crippen molar-refractivity contribution in [3.8, 4) is 11.5 Å². The van der Waals surface area contributed by atoms with Crippen molar-refractivity contribution in [2.75, 3.05) is 26.4 Å². The van der Waals surface area contributed by atoms with E-state index in [1.54, 1.807) is 36.4 Å². The average molecular weight is 1040 g/mol. The lowest BCUT2D eigenvalue weighted by Gasteiger charge is -2.37. The molecule has 0 saturated carbocycles. The third kappa shape index (κ3) is 24.9. The number of hydrogen-bond acceptors (Lipinski definition) is 8. The molecule has 20 radical (unpaired) electrons. The Balaban J connectivity index is 0.000000912. The lowest BCUT2D eigenvalue weighted by atomic mass is 8.57. The third-order valence-electron chi connectivity index (χ3n) is 14.7. The van der Waals surface area contributed by atoms with Gasteiger partial charge in [-0.1, -0.05) is 157 Å². The van der Waals surface area contributed by atoms with Crippen LogP contribution >= 0.6 is 39.7 Å². The van der Waals surface area contributed by atoms with Gasteiger partial charge in [-0.05, 0) is 63.6 Å². The minimum Gasteiger partial charge on any atom is -0.558 e. The predicted molar refractivity (Wildman–Crippen MR) is 328 cm³/mol. The molecule has 6 atom stereocenters. The van der Waals surface area contributed by atoms with E-state index in [4.69, 9.17) is 110 Å². The van der Waals surface area contributed by atoms with Crippen molar-refractivity contribution in [3.05, 3.63) is 58.6 Å². The van der Waals surface area contributed by atoms with Crippen molar-refractivity contribution < 1.29 is 42.9 Å². The number of ether oxygens (including phenoxy) is 2. The van der Waals surface area contributed by atoms with Gasteiger partial charge in [0.1, 0.15) is 0 Å². The monoisotopic (exact) mass is 1040 g/mol. The lowest BCUT2D eigenvalue weighted by molar-refractivity contribution is -0.179. The van der Waals surface area contributed by atoms with Crippen molar-refractivity contribution in [1.82, 2.24) is 0 Å².